The Kier molecular flexibility index (Phi) is 13.4. The lowest BCUT2D eigenvalue weighted by molar-refractivity contribution is -0.138. The van der Waals surface area contributed by atoms with E-state index in [4.69, 9.17) is 18.9 Å². The summed E-state index contributed by atoms with van der Waals surface area (Å²) in [5, 5.41) is 6.03. The molecule has 0 heterocycles. The quantitative estimate of drug-likeness (QED) is 0.0824. The number of ether oxygens (including phenoxy) is 4. The zero-order valence-electron chi connectivity index (χ0n) is 27.8. The lowest BCUT2D eigenvalue weighted by Crippen LogP contribution is -2.33. The van der Waals surface area contributed by atoms with Gasteiger partial charge < -0.3 is 29.6 Å². The molecule has 1 atom stereocenters. The molecule has 8 nitrogen and oxygen atoms in total. The molecule has 8 heteroatoms. The highest BCUT2D eigenvalue weighted by atomic mass is 16.5. The summed E-state index contributed by atoms with van der Waals surface area (Å²) in [7, 11) is 2.99. The van der Waals surface area contributed by atoms with E-state index in [-0.39, 0.29) is 22.6 Å². The second kappa shape index (κ2) is 16.2. The molecule has 0 spiro atoms. The fourth-order valence-electron chi connectivity index (χ4n) is 4.30. The summed E-state index contributed by atoms with van der Waals surface area (Å²) in [5.74, 6) is 0.631. The maximum atomic E-state index is 13.5. The summed E-state index contributed by atoms with van der Waals surface area (Å²) in [6.45, 7) is 17.6. The molecule has 2 N–H and O–H groups in total. The topological polar surface area (TPSA) is 95.1 Å². The zero-order valence-corrected chi connectivity index (χ0v) is 27.8. The van der Waals surface area contributed by atoms with Crippen molar-refractivity contribution in [2.45, 2.75) is 104 Å². The molecular weight excluding hydrogens is 544 g/mol. The molecule has 43 heavy (non-hydrogen) atoms. The van der Waals surface area contributed by atoms with Gasteiger partial charge in [0.2, 0.25) is 0 Å². The number of esters is 1. The molecule has 0 radical (unpaired) electrons. The normalized spacial score (nSPS) is 12.7. The number of benzene rings is 2. The molecule has 0 aliphatic heterocycles. The lowest BCUT2D eigenvalue weighted by atomic mass is 9.76. The van der Waals surface area contributed by atoms with Gasteiger partial charge in [0, 0.05) is 11.3 Å². The number of rotatable bonds is 17. The average Bonchev–Trinajstić information content (AvgIpc) is 2.99. The van der Waals surface area contributed by atoms with Crippen molar-refractivity contribution in [2.24, 2.45) is 0 Å². The number of hydrogen-bond acceptors (Lipinski definition) is 7. The number of carbonyl (C=O) groups excluding carboxylic acids is 2. The number of methoxy groups -OCH3 is 2. The van der Waals surface area contributed by atoms with E-state index >= 15 is 0 Å². The van der Waals surface area contributed by atoms with Crippen molar-refractivity contribution in [3.8, 4) is 11.5 Å². The largest absolute Gasteiger partial charge is 0.495 e. The number of unbranched alkanes of at least 4 members (excludes halogenated alkanes) is 1. The van der Waals surface area contributed by atoms with Gasteiger partial charge >= 0.3 is 5.97 Å². The first-order valence-corrected chi connectivity index (χ1v) is 15.4. The second-order valence-corrected chi connectivity index (χ2v) is 12.0. The van der Waals surface area contributed by atoms with Gasteiger partial charge in [-0.2, -0.15) is 0 Å². The second-order valence-electron chi connectivity index (χ2n) is 12.0. The molecule has 2 rings (SSSR count). The van der Waals surface area contributed by atoms with Gasteiger partial charge in [-0.15, -0.1) is 0 Å². The minimum Gasteiger partial charge on any atom is -0.495 e. The van der Waals surface area contributed by atoms with Crippen LogP contribution >= 0.6 is 0 Å². The van der Waals surface area contributed by atoms with E-state index < -0.39 is 12.1 Å². The van der Waals surface area contributed by atoms with Gasteiger partial charge in [0.05, 0.1) is 32.6 Å². The van der Waals surface area contributed by atoms with E-state index in [1.165, 1.54) is 25.9 Å². The van der Waals surface area contributed by atoms with Crippen LogP contribution in [0.15, 0.2) is 48.4 Å². The van der Waals surface area contributed by atoms with Crippen LogP contribution in [0.3, 0.4) is 0 Å². The predicted molar refractivity (Wildman–Crippen MR) is 174 cm³/mol. The predicted octanol–water partition coefficient (Wildman–Crippen LogP) is 8.11. The molecule has 0 saturated carbocycles. The summed E-state index contributed by atoms with van der Waals surface area (Å²) in [4.78, 5) is 25.7. The Bertz CT molecular complexity index is 1250. The Labute approximate surface area is 258 Å². The Morgan fingerprint density at radius 2 is 1.56 bits per heavy atom. The first-order chi connectivity index (χ1) is 20.3. The number of hydrogen-bond donors (Lipinski definition) is 2. The Hall–Kier alpha value is -3.68. The average molecular weight is 597 g/mol. The van der Waals surface area contributed by atoms with Crippen molar-refractivity contribution in [1.82, 2.24) is 0 Å². The molecule has 1 amide bonds. The van der Waals surface area contributed by atoms with Crippen LogP contribution in [-0.2, 0) is 29.9 Å². The number of carbonyl (C=O) groups is 2. The minimum atomic E-state index is -0.706. The van der Waals surface area contributed by atoms with Gasteiger partial charge in [-0.05, 0) is 66.3 Å². The van der Waals surface area contributed by atoms with Crippen molar-refractivity contribution in [3.05, 3.63) is 59.5 Å². The highest BCUT2D eigenvalue weighted by Crippen LogP contribution is 2.39. The van der Waals surface area contributed by atoms with Crippen LogP contribution in [0.4, 0.5) is 11.4 Å². The molecule has 0 aromatic heterocycles. The maximum absolute atomic E-state index is 13.5. The van der Waals surface area contributed by atoms with Crippen LogP contribution in [0.1, 0.15) is 98.6 Å². The highest BCUT2D eigenvalue weighted by Gasteiger charge is 2.29. The molecule has 2 aromatic rings. The van der Waals surface area contributed by atoms with E-state index in [1.54, 1.807) is 18.2 Å². The Balaban J connectivity index is 2.30. The monoisotopic (exact) mass is 596 g/mol. The third kappa shape index (κ3) is 9.94. The molecule has 2 aromatic carbocycles. The van der Waals surface area contributed by atoms with Crippen LogP contribution in [0.5, 0.6) is 11.5 Å². The standard InChI is InChI=1S/C35H52N2O6/c1-11-15-20-42-32(38)23-31(41-10)37-27-22-25(17-19-30(27)40-9)36-33(39)28(12-2)43-29-18-16-24(34(5,6)13-3)21-26(29)35(7,8)14-4/h16-19,21-23,28,37H,11-15,20H2,1-10H3,(H,36,39). The first-order valence-electron chi connectivity index (χ1n) is 15.4. The molecule has 238 valence electrons. The molecule has 0 saturated heterocycles. The Morgan fingerprint density at radius 3 is 2.14 bits per heavy atom. The summed E-state index contributed by atoms with van der Waals surface area (Å²) < 4.78 is 22.5. The molecule has 0 fully saturated rings. The number of amides is 1. The van der Waals surface area contributed by atoms with E-state index in [0.717, 1.165) is 37.0 Å². The Morgan fingerprint density at radius 1 is 0.884 bits per heavy atom. The molecular formula is C35H52N2O6. The van der Waals surface area contributed by atoms with Gasteiger partial charge in [0.15, 0.2) is 12.0 Å². The summed E-state index contributed by atoms with van der Waals surface area (Å²) in [6.07, 6.45) is 4.67. The van der Waals surface area contributed by atoms with E-state index in [2.05, 4.69) is 64.3 Å². The molecule has 0 bridgehead atoms. The van der Waals surface area contributed by atoms with Crippen LogP contribution in [0.2, 0.25) is 0 Å². The van der Waals surface area contributed by atoms with E-state index in [9.17, 15) is 9.59 Å². The fourth-order valence-corrected chi connectivity index (χ4v) is 4.30. The molecule has 1 unspecified atom stereocenters. The van der Waals surface area contributed by atoms with Crippen molar-refractivity contribution in [2.75, 3.05) is 31.5 Å². The van der Waals surface area contributed by atoms with Crippen LogP contribution in [0.25, 0.3) is 0 Å². The van der Waals surface area contributed by atoms with Crippen LogP contribution in [0, 0.1) is 0 Å². The number of anilines is 2. The van der Waals surface area contributed by atoms with Crippen LogP contribution < -0.4 is 20.1 Å². The smallest absolute Gasteiger partial charge is 0.336 e. The lowest BCUT2D eigenvalue weighted by Gasteiger charge is -2.31. The third-order valence-corrected chi connectivity index (χ3v) is 8.13. The van der Waals surface area contributed by atoms with Crippen molar-refractivity contribution in [1.29, 1.82) is 0 Å². The minimum absolute atomic E-state index is 0.0337. The van der Waals surface area contributed by atoms with Gasteiger partial charge in [-0.3, -0.25) is 4.79 Å². The summed E-state index contributed by atoms with van der Waals surface area (Å²) in [6, 6.07) is 11.6. The third-order valence-electron chi connectivity index (χ3n) is 8.13. The molecule has 0 aliphatic rings. The fraction of sp³-hybridized carbons (Fsp3) is 0.543. The van der Waals surface area contributed by atoms with Gasteiger partial charge in [-0.25, -0.2) is 4.79 Å². The summed E-state index contributed by atoms with van der Waals surface area (Å²) >= 11 is 0. The van der Waals surface area contributed by atoms with E-state index in [1.807, 2.05) is 19.9 Å². The molecule has 0 aliphatic carbocycles. The highest BCUT2D eigenvalue weighted by molar-refractivity contribution is 5.95. The van der Waals surface area contributed by atoms with Crippen molar-refractivity contribution in [3.63, 3.8) is 0 Å². The summed E-state index contributed by atoms with van der Waals surface area (Å²) in [5.41, 5.74) is 3.30. The number of nitrogens with one attached hydrogen (secondary N) is 2. The van der Waals surface area contributed by atoms with E-state index in [0.29, 0.717) is 30.2 Å². The SMILES string of the molecule is CCCCOC(=O)C=C(Nc1cc(NC(=O)C(CC)Oc2ccc(C(C)(C)CC)cc2C(C)(C)CC)ccc1OC)OC. The maximum Gasteiger partial charge on any atom is 0.336 e. The van der Waals surface area contributed by atoms with Gasteiger partial charge in [0.1, 0.15) is 11.5 Å². The van der Waals surface area contributed by atoms with Crippen LogP contribution in [-0.4, -0.2) is 38.8 Å². The van der Waals surface area contributed by atoms with Gasteiger partial charge in [-0.1, -0.05) is 73.9 Å². The van der Waals surface area contributed by atoms with Crippen molar-refractivity contribution >= 4 is 23.3 Å². The first kappa shape index (κ1) is 35.5. The van der Waals surface area contributed by atoms with Gasteiger partial charge in [0.25, 0.3) is 5.91 Å². The van der Waals surface area contributed by atoms with Crippen molar-refractivity contribution < 1.29 is 28.5 Å². The zero-order chi connectivity index (χ0) is 32.2.